The molecule has 2 aromatic rings. The van der Waals surface area contributed by atoms with Crippen molar-refractivity contribution in [3.63, 3.8) is 0 Å². The number of esters is 1. The van der Waals surface area contributed by atoms with E-state index < -0.39 is 21.8 Å². The minimum atomic E-state index is -3.94. The molecule has 0 fully saturated rings. The molecule has 0 radical (unpaired) electrons. The molecule has 3 rings (SSSR count). The maximum atomic E-state index is 13.1. The number of carbonyl (C=O) groups excluding carboxylic acids is 2. The Morgan fingerprint density at radius 2 is 1.62 bits per heavy atom. The zero-order chi connectivity index (χ0) is 18.9. The van der Waals surface area contributed by atoms with Crippen molar-refractivity contribution in [1.82, 2.24) is 4.31 Å². The molecule has 26 heavy (non-hydrogen) atoms. The van der Waals surface area contributed by atoms with Gasteiger partial charge in [-0.2, -0.15) is 0 Å². The molecular weight excluding hydrogens is 354 g/mol. The Kier molecular flexibility index (Phi) is 4.65. The van der Waals surface area contributed by atoms with Gasteiger partial charge in [-0.15, -0.1) is 0 Å². The lowest BCUT2D eigenvalue weighted by Crippen LogP contribution is -2.38. The van der Waals surface area contributed by atoms with Crippen molar-refractivity contribution in [2.24, 2.45) is 0 Å². The van der Waals surface area contributed by atoms with Crippen LogP contribution in [0.15, 0.2) is 65.2 Å². The highest BCUT2D eigenvalue weighted by Gasteiger charge is 2.40. The highest BCUT2D eigenvalue weighted by atomic mass is 32.2. The Morgan fingerprint density at radius 3 is 2.23 bits per heavy atom. The van der Waals surface area contributed by atoms with Gasteiger partial charge in [-0.3, -0.25) is 13.9 Å². The second-order valence-corrected chi connectivity index (χ2v) is 7.46. The Hall–Kier alpha value is -2.93. The van der Waals surface area contributed by atoms with E-state index in [9.17, 15) is 18.0 Å². The number of benzene rings is 2. The first-order valence-corrected chi connectivity index (χ1v) is 9.46. The zero-order valence-corrected chi connectivity index (χ0v) is 15.1. The highest BCUT2D eigenvalue weighted by Crippen LogP contribution is 2.38. The summed E-state index contributed by atoms with van der Waals surface area (Å²) in [5.41, 5.74) is 0.347. The molecule has 0 bridgehead atoms. The Labute approximate surface area is 151 Å². The number of hydrogen-bond donors (Lipinski definition) is 0. The summed E-state index contributed by atoms with van der Waals surface area (Å²) in [5, 5.41) is 0. The summed E-state index contributed by atoms with van der Waals surface area (Å²) in [6.07, 6.45) is 0. The smallest absolute Gasteiger partial charge is 0.308 e. The molecule has 0 amide bonds. The largest absolute Gasteiger partial charge is 0.424 e. The van der Waals surface area contributed by atoms with Crippen molar-refractivity contribution in [1.29, 1.82) is 0 Å². The van der Waals surface area contributed by atoms with Crippen LogP contribution in [0.2, 0.25) is 0 Å². The number of rotatable bonds is 4. The van der Waals surface area contributed by atoms with E-state index in [0.29, 0.717) is 5.56 Å². The van der Waals surface area contributed by atoms with Crippen molar-refractivity contribution in [3.8, 4) is 0 Å². The fourth-order valence-electron chi connectivity index (χ4n) is 2.88. The molecule has 134 valence electrons. The van der Waals surface area contributed by atoms with Crippen LogP contribution in [0.4, 0.5) is 0 Å². The third-order valence-electron chi connectivity index (χ3n) is 3.95. The van der Waals surface area contributed by atoms with Gasteiger partial charge in [0.2, 0.25) is 5.78 Å². The molecule has 0 unspecified atom stereocenters. The average Bonchev–Trinajstić information content (AvgIpc) is 2.63. The van der Waals surface area contributed by atoms with Crippen molar-refractivity contribution in [2.45, 2.75) is 18.7 Å². The molecule has 0 saturated heterocycles. The summed E-state index contributed by atoms with van der Waals surface area (Å²) in [6.45, 7) is 2.85. The molecule has 1 aliphatic heterocycles. The van der Waals surface area contributed by atoms with E-state index in [4.69, 9.17) is 4.74 Å². The van der Waals surface area contributed by atoms with Crippen LogP contribution < -0.4 is 0 Å². The highest BCUT2D eigenvalue weighted by molar-refractivity contribution is 7.89. The van der Waals surface area contributed by atoms with E-state index in [0.717, 1.165) is 4.31 Å². The van der Waals surface area contributed by atoms with E-state index in [1.807, 2.05) is 0 Å². The van der Waals surface area contributed by atoms with Crippen LogP contribution in [0.25, 0.3) is 5.76 Å². The van der Waals surface area contributed by atoms with Crippen LogP contribution in [0.1, 0.15) is 29.8 Å². The predicted molar refractivity (Wildman–Crippen MR) is 95.5 cm³/mol. The van der Waals surface area contributed by atoms with Crippen LogP contribution >= 0.6 is 0 Å². The van der Waals surface area contributed by atoms with Gasteiger partial charge in [0.25, 0.3) is 10.0 Å². The first-order chi connectivity index (χ1) is 12.4. The summed E-state index contributed by atoms with van der Waals surface area (Å²) in [5.74, 6) is -1.20. The fraction of sp³-hybridized carbons (Fsp3) is 0.158. The fourth-order valence-corrected chi connectivity index (χ4v) is 4.55. The topological polar surface area (TPSA) is 80.8 Å². The van der Waals surface area contributed by atoms with Crippen LogP contribution in [-0.4, -0.2) is 31.0 Å². The van der Waals surface area contributed by atoms with Gasteiger partial charge in [0.05, 0.1) is 4.90 Å². The van der Waals surface area contributed by atoms with Crippen LogP contribution in [0, 0.1) is 0 Å². The van der Waals surface area contributed by atoms with Gasteiger partial charge in [0.15, 0.2) is 5.76 Å². The summed E-state index contributed by atoms with van der Waals surface area (Å²) in [4.78, 5) is 24.8. The van der Waals surface area contributed by atoms with Crippen LogP contribution in [0.3, 0.4) is 0 Å². The third kappa shape index (κ3) is 2.90. The summed E-state index contributed by atoms with van der Waals surface area (Å²) < 4.78 is 32.3. The predicted octanol–water partition coefficient (Wildman–Crippen LogP) is 2.83. The first-order valence-electron chi connectivity index (χ1n) is 8.02. The Bertz CT molecular complexity index is 1010. The van der Waals surface area contributed by atoms with Crippen LogP contribution in [-0.2, 0) is 19.6 Å². The van der Waals surface area contributed by atoms with Crippen molar-refractivity contribution in [2.75, 3.05) is 6.54 Å². The summed E-state index contributed by atoms with van der Waals surface area (Å²) in [6, 6.07) is 14.5. The number of ether oxygens (including phenoxy) is 1. The van der Waals surface area contributed by atoms with E-state index in [-0.39, 0.29) is 28.5 Å². The van der Waals surface area contributed by atoms with Gasteiger partial charge in [-0.05, 0) is 19.1 Å². The quantitative estimate of drug-likeness (QED) is 0.610. The van der Waals surface area contributed by atoms with E-state index >= 15 is 0 Å². The number of Topliss-reactive ketones (excluding diaryl/α,β-unsaturated/α-hetero) is 1. The van der Waals surface area contributed by atoms with Gasteiger partial charge < -0.3 is 4.74 Å². The average molecular weight is 371 g/mol. The maximum Gasteiger partial charge on any atom is 0.308 e. The molecular formula is C19H17NO5S. The van der Waals surface area contributed by atoms with Crippen molar-refractivity contribution >= 4 is 27.5 Å². The van der Waals surface area contributed by atoms with Crippen LogP contribution in [0.5, 0.6) is 0 Å². The van der Waals surface area contributed by atoms with Gasteiger partial charge in [-0.25, -0.2) is 8.42 Å². The number of allylic oxidation sites excluding steroid dienone is 1. The van der Waals surface area contributed by atoms with Gasteiger partial charge in [0.1, 0.15) is 5.70 Å². The van der Waals surface area contributed by atoms with Crippen molar-refractivity contribution in [3.05, 3.63) is 71.4 Å². The number of likely N-dealkylation sites (N-methyl/N-ethyl adjacent to an activating group) is 1. The van der Waals surface area contributed by atoms with E-state index in [1.54, 1.807) is 49.4 Å². The molecule has 0 aliphatic carbocycles. The lowest BCUT2D eigenvalue weighted by atomic mass is 10.0. The number of fused-ring (bicyclic) bond motifs is 1. The standard InChI is InChI=1S/C19H17NO5S/c1-3-20-17(18(22)14-9-5-4-6-10-14)19(25-13(2)21)15-11-7-8-12-16(15)26(20,23)24/h4-12H,3H2,1-2H3. The number of carbonyl (C=O) groups is 2. The molecule has 0 saturated carbocycles. The molecule has 6 nitrogen and oxygen atoms in total. The molecule has 1 heterocycles. The Morgan fingerprint density at radius 1 is 1.00 bits per heavy atom. The number of sulfonamides is 1. The lowest BCUT2D eigenvalue weighted by molar-refractivity contribution is -0.134. The molecule has 0 atom stereocenters. The number of ketones is 1. The second kappa shape index (κ2) is 6.76. The van der Waals surface area contributed by atoms with E-state index in [1.165, 1.54) is 19.1 Å². The summed E-state index contributed by atoms with van der Waals surface area (Å²) >= 11 is 0. The molecule has 0 spiro atoms. The molecule has 1 aliphatic rings. The van der Waals surface area contributed by atoms with Crippen molar-refractivity contribution < 1.29 is 22.7 Å². The Balaban J connectivity index is 2.34. The molecule has 7 heteroatoms. The summed E-state index contributed by atoms with van der Waals surface area (Å²) in [7, 11) is -3.94. The monoisotopic (exact) mass is 371 g/mol. The lowest BCUT2D eigenvalue weighted by Gasteiger charge is -2.31. The molecule has 0 N–H and O–H groups in total. The maximum absolute atomic E-state index is 13.1. The zero-order valence-electron chi connectivity index (χ0n) is 14.3. The number of nitrogens with zero attached hydrogens (tertiary/aromatic N) is 1. The SMILES string of the molecule is CCN1C(C(=O)c2ccccc2)=C(OC(C)=O)c2ccccc2S1(=O)=O. The molecule has 0 aromatic heterocycles. The van der Waals surface area contributed by atoms with E-state index in [2.05, 4.69) is 0 Å². The normalized spacial score (nSPS) is 15.4. The minimum Gasteiger partial charge on any atom is -0.424 e. The minimum absolute atomic E-state index is 0.00251. The number of hydrogen-bond acceptors (Lipinski definition) is 5. The third-order valence-corrected chi connectivity index (χ3v) is 5.88. The first kappa shape index (κ1) is 17.9. The second-order valence-electron chi connectivity index (χ2n) is 5.63. The van der Waals surface area contributed by atoms with Gasteiger partial charge >= 0.3 is 5.97 Å². The van der Waals surface area contributed by atoms with Gasteiger partial charge in [0, 0.05) is 24.6 Å². The van der Waals surface area contributed by atoms with Gasteiger partial charge in [-0.1, -0.05) is 42.5 Å². The molecule has 2 aromatic carbocycles.